The Kier molecular flexibility index (Phi) is 15.4. The zero-order valence-electron chi connectivity index (χ0n) is 54.0. The van der Waals surface area contributed by atoms with E-state index < -0.39 is 0 Å². The maximum absolute atomic E-state index is 11.5. The van der Waals surface area contributed by atoms with Gasteiger partial charge in [0.05, 0.1) is 49.8 Å². The number of fused-ring (bicyclic) bond motifs is 6. The fraction of sp³-hybridized carbons (Fsp3) is 0.200. The topological polar surface area (TPSA) is 255 Å². The minimum Gasteiger partial charge on any atom is -0.383 e. The molecule has 0 atom stereocenters. The molecular weight excluding hydrogens is 1210 g/mol. The second-order valence-corrected chi connectivity index (χ2v) is 26.6. The summed E-state index contributed by atoms with van der Waals surface area (Å²) >= 11 is 0. The first-order chi connectivity index (χ1) is 48.1. The van der Waals surface area contributed by atoms with Gasteiger partial charge in [-0.3, -0.25) is 4.79 Å². The van der Waals surface area contributed by atoms with Gasteiger partial charge in [-0.25, -0.2) is 44.9 Å². The van der Waals surface area contributed by atoms with Crippen molar-refractivity contribution in [3.63, 3.8) is 0 Å². The fourth-order valence-electron chi connectivity index (χ4n) is 14.7. The van der Waals surface area contributed by atoms with Gasteiger partial charge in [-0.1, -0.05) is 146 Å². The molecule has 9 aromatic heterocycles. The van der Waals surface area contributed by atoms with E-state index in [1.54, 1.807) is 12.7 Å². The van der Waals surface area contributed by atoms with Gasteiger partial charge < -0.3 is 41.5 Å². The first-order valence-corrected chi connectivity index (χ1v) is 33.8. The Hall–Kier alpha value is -11.8. The van der Waals surface area contributed by atoms with E-state index in [9.17, 15) is 4.79 Å². The number of aromatic nitrogens is 12. The number of nitrogens with zero attached hydrogens (tertiary/aromatic N) is 13. The van der Waals surface area contributed by atoms with E-state index in [2.05, 4.69) is 188 Å². The number of rotatable bonds is 12. The molecule has 18 nitrogen and oxygen atoms in total. The molecule has 0 bridgehead atoms. The minimum atomic E-state index is -0.244. The van der Waals surface area contributed by atoms with E-state index in [4.69, 9.17) is 37.9 Å². The molecule has 1 aliphatic heterocycles. The molecule has 4 fully saturated rings. The number of hydrogen-bond acceptors (Lipinski definition) is 14. The van der Waals surface area contributed by atoms with Gasteiger partial charge in [0, 0.05) is 98.7 Å². The monoisotopic (exact) mass is 1290 g/mol. The summed E-state index contributed by atoms with van der Waals surface area (Å²) in [6.07, 6.45) is 19.9. The molecule has 3 saturated carbocycles. The average Bonchev–Trinajstić information content (AvgIpc) is 1.61. The van der Waals surface area contributed by atoms with E-state index in [0.29, 0.717) is 42.4 Å². The molecular formula is C80H71N17O. The van der Waals surface area contributed by atoms with Crippen LogP contribution in [0.5, 0.6) is 0 Å². The van der Waals surface area contributed by atoms with Crippen LogP contribution in [-0.2, 0) is 4.79 Å². The van der Waals surface area contributed by atoms with Crippen LogP contribution in [0.15, 0.2) is 220 Å². The predicted molar refractivity (Wildman–Crippen MR) is 391 cm³/mol. The lowest BCUT2D eigenvalue weighted by Crippen LogP contribution is -2.43. The van der Waals surface area contributed by atoms with Crippen molar-refractivity contribution in [1.29, 1.82) is 0 Å². The highest BCUT2D eigenvalue weighted by Crippen LogP contribution is 2.46. The summed E-state index contributed by atoms with van der Waals surface area (Å²) in [4.78, 5) is 55.5. The van der Waals surface area contributed by atoms with E-state index in [1.165, 1.54) is 64.5 Å². The number of hydrogen-bond donors (Lipinski definition) is 4. The molecule has 8 N–H and O–H groups in total. The number of nitrogen functional groups attached to an aromatic ring is 3. The first-order valence-electron chi connectivity index (χ1n) is 33.8. The van der Waals surface area contributed by atoms with Crippen molar-refractivity contribution >= 4 is 89.2 Å². The summed E-state index contributed by atoms with van der Waals surface area (Å²) in [5, 5.41) is 5.99. The zero-order chi connectivity index (χ0) is 66.0. The van der Waals surface area contributed by atoms with Crippen molar-refractivity contribution in [2.24, 2.45) is 17.6 Å². The van der Waals surface area contributed by atoms with Crippen LogP contribution in [0.4, 0.5) is 17.5 Å². The first kappa shape index (κ1) is 59.9. The van der Waals surface area contributed by atoms with Crippen LogP contribution < -0.4 is 22.9 Å². The SMILES string of the molecule is NC(=O)C1CC(n2cc(-c3ccc4ccc(-c5ccccc5)nc4c3)c3c(N)ncnc32)C1.Nc1ncnc2c1c(-c1ccc3ccc(-c4ccccc4)nc3c1)cn2C1CC(CN2CCC2)C1.Nc1ncnc2c1c(-c1ccc3ccc(-c4ccccc4)nc3c1)cn2C1CCC1. The number of carbonyl (C=O) groups is 1. The summed E-state index contributed by atoms with van der Waals surface area (Å²) < 4.78 is 6.73. The molecule has 0 spiro atoms. The third-order valence-electron chi connectivity index (χ3n) is 20.6. The molecule has 18 heteroatoms. The quantitative estimate of drug-likeness (QED) is 0.0887. The normalized spacial score (nSPS) is 17.6. The zero-order valence-corrected chi connectivity index (χ0v) is 54.0. The van der Waals surface area contributed by atoms with Crippen molar-refractivity contribution in [2.45, 2.75) is 69.5 Å². The number of amides is 1. The van der Waals surface area contributed by atoms with Gasteiger partial charge in [0.1, 0.15) is 53.4 Å². The predicted octanol–water partition coefficient (Wildman–Crippen LogP) is 15.5. The molecule has 0 radical (unpaired) electrons. The number of pyridine rings is 3. The van der Waals surface area contributed by atoms with Crippen molar-refractivity contribution in [3.8, 4) is 67.2 Å². The van der Waals surface area contributed by atoms with Gasteiger partial charge in [0.25, 0.3) is 0 Å². The van der Waals surface area contributed by atoms with Crippen LogP contribution in [0.25, 0.3) is 133 Å². The molecule has 19 rings (SSSR count). The van der Waals surface area contributed by atoms with Crippen molar-refractivity contribution in [2.75, 3.05) is 36.8 Å². The highest BCUT2D eigenvalue weighted by molar-refractivity contribution is 6.05. The van der Waals surface area contributed by atoms with E-state index in [1.807, 2.05) is 60.7 Å². The standard InChI is InChI=1S/C29H28N6.C26H22N6O.C25H21N5/c30-28-27-24(17-35(29(27)32-18-31-28)23-13-19(14-23)16-34-11-4-12-34)22-8-7-21-9-10-25(33-26(21)15-22)20-5-2-1-3-6-20;27-24-23-20(13-32(26(23)30-14-29-24)19-10-18(11-19)25(28)33)17-7-6-16-8-9-21(31-22(16)12-17)15-4-2-1-3-5-15;26-24-23-20(14-30(19-7-4-8-19)25(23)28-15-27-24)18-10-9-17-11-12-21(29-22(17)13-18)16-5-2-1-3-6-16/h1-3,5-10,15,17-19,23H,4,11-14,16H2,(H2,30,31,32);1-9,12-14,18-19H,10-11H2,(H2,28,33)(H2,27,29,30);1-3,5-6,9-15,19H,4,7-8H2,(H2,26,27,28). The van der Waals surface area contributed by atoms with Crippen LogP contribution in [0.2, 0.25) is 0 Å². The Bertz CT molecular complexity index is 5520. The molecule has 3 aliphatic carbocycles. The third-order valence-corrected chi connectivity index (χ3v) is 20.6. The molecule has 482 valence electrons. The summed E-state index contributed by atoms with van der Waals surface area (Å²) in [5.74, 6) is 1.95. The van der Waals surface area contributed by atoms with Crippen molar-refractivity contribution in [3.05, 3.63) is 220 Å². The van der Waals surface area contributed by atoms with Crippen LogP contribution in [-0.4, -0.2) is 89.0 Å². The highest BCUT2D eigenvalue weighted by atomic mass is 16.1. The highest BCUT2D eigenvalue weighted by Gasteiger charge is 2.37. The van der Waals surface area contributed by atoms with Gasteiger partial charge in [0.2, 0.25) is 5.91 Å². The Morgan fingerprint density at radius 3 is 1.09 bits per heavy atom. The van der Waals surface area contributed by atoms with Gasteiger partial charge in [-0.05, 0) is 123 Å². The summed E-state index contributed by atoms with van der Waals surface area (Å²) in [6.45, 7) is 3.77. The lowest BCUT2D eigenvalue weighted by Gasteiger charge is -2.42. The van der Waals surface area contributed by atoms with E-state index >= 15 is 0 Å². The van der Waals surface area contributed by atoms with E-state index in [0.717, 1.165) is 139 Å². The number of likely N-dealkylation sites (tertiary alicyclic amines) is 1. The molecule has 6 aromatic carbocycles. The summed E-state index contributed by atoms with van der Waals surface area (Å²) in [7, 11) is 0. The lowest BCUT2D eigenvalue weighted by molar-refractivity contribution is -0.125. The Labute approximate surface area is 565 Å². The smallest absolute Gasteiger partial charge is 0.220 e. The number of anilines is 3. The lowest BCUT2D eigenvalue weighted by atomic mass is 9.79. The van der Waals surface area contributed by atoms with Crippen molar-refractivity contribution < 1.29 is 4.79 Å². The summed E-state index contributed by atoms with van der Waals surface area (Å²) in [5.41, 5.74) is 42.4. The average molecular weight is 1290 g/mol. The second kappa shape index (κ2) is 25.1. The Morgan fingerprint density at radius 1 is 0.398 bits per heavy atom. The fourth-order valence-corrected chi connectivity index (χ4v) is 14.7. The molecule has 1 saturated heterocycles. The maximum atomic E-state index is 11.5. The molecule has 10 heterocycles. The van der Waals surface area contributed by atoms with Gasteiger partial charge in [-0.15, -0.1) is 0 Å². The van der Waals surface area contributed by atoms with Crippen LogP contribution in [0.3, 0.4) is 0 Å². The largest absolute Gasteiger partial charge is 0.383 e. The second-order valence-electron chi connectivity index (χ2n) is 26.6. The molecule has 98 heavy (non-hydrogen) atoms. The Morgan fingerprint density at radius 2 is 0.755 bits per heavy atom. The van der Waals surface area contributed by atoms with Crippen molar-refractivity contribution in [1.82, 2.24) is 63.5 Å². The number of benzene rings is 6. The molecule has 4 aliphatic rings. The van der Waals surface area contributed by atoms with Crippen LogP contribution >= 0.6 is 0 Å². The third kappa shape index (κ3) is 11.2. The molecule has 15 aromatic rings. The Balaban J connectivity index is 0.000000111. The number of primary amides is 1. The molecule has 0 unspecified atom stereocenters. The number of carbonyl (C=O) groups excluding carboxylic acids is 1. The van der Waals surface area contributed by atoms with Gasteiger partial charge >= 0.3 is 0 Å². The number of nitrogens with two attached hydrogens (primary N) is 4. The minimum absolute atomic E-state index is 0.0867. The van der Waals surface area contributed by atoms with E-state index in [-0.39, 0.29) is 17.9 Å². The van der Waals surface area contributed by atoms with Gasteiger partial charge in [-0.2, -0.15) is 0 Å². The van der Waals surface area contributed by atoms with Gasteiger partial charge in [0.15, 0.2) is 0 Å². The van der Waals surface area contributed by atoms with Crippen LogP contribution in [0.1, 0.15) is 69.5 Å². The maximum Gasteiger partial charge on any atom is 0.220 e. The molecule has 1 amide bonds. The van der Waals surface area contributed by atoms with Crippen LogP contribution in [0, 0.1) is 11.8 Å². The summed E-state index contributed by atoms with van der Waals surface area (Å²) in [6, 6.07) is 63.5.